The van der Waals surface area contributed by atoms with E-state index in [0.29, 0.717) is 18.7 Å². The fourth-order valence-electron chi connectivity index (χ4n) is 2.04. The minimum absolute atomic E-state index is 0.146. The lowest BCUT2D eigenvalue weighted by Crippen LogP contribution is -2.46. The molecule has 18 heavy (non-hydrogen) atoms. The van der Waals surface area contributed by atoms with E-state index >= 15 is 0 Å². The third kappa shape index (κ3) is 3.05. The van der Waals surface area contributed by atoms with Crippen molar-refractivity contribution >= 4 is 31.6 Å². The van der Waals surface area contributed by atoms with Gasteiger partial charge in [0.2, 0.25) is 10.0 Å². The largest absolute Gasteiger partial charge is 0.312 e. The third-order valence-corrected chi connectivity index (χ3v) is 5.46. The average Bonchev–Trinajstić information content (AvgIpc) is 2.31. The molecule has 1 fully saturated rings. The number of nitrogens with zero attached hydrogens (tertiary/aromatic N) is 1. The van der Waals surface area contributed by atoms with Crippen molar-refractivity contribution in [3.05, 3.63) is 28.7 Å². The fraction of sp³-hybridized carbons (Fsp3) is 0.500. The van der Waals surface area contributed by atoms with Crippen LogP contribution in [0.4, 0.5) is 5.69 Å². The van der Waals surface area contributed by atoms with Crippen LogP contribution in [0.1, 0.15) is 13.3 Å². The number of nitrogens with one attached hydrogen (secondary N) is 1. The van der Waals surface area contributed by atoms with Gasteiger partial charge in [-0.15, -0.1) is 0 Å². The summed E-state index contributed by atoms with van der Waals surface area (Å²) in [5.41, 5.74) is 0.716. The van der Waals surface area contributed by atoms with Crippen LogP contribution in [0.2, 0.25) is 0 Å². The van der Waals surface area contributed by atoms with Gasteiger partial charge in [-0.1, -0.05) is 12.1 Å². The molecule has 1 heterocycles. The van der Waals surface area contributed by atoms with Crippen LogP contribution in [0.5, 0.6) is 0 Å². The van der Waals surface area contributed by atoms with Gasteiger partial charge in [-0.25, -0.2) is 8.42 Å². The molecular weight excluding hydrogens is 316 g/mol. The van der Waals surface area contributed by atoms with Crippen LogP contribution in [0.25, 0.3) is 0 Å². The second-order valence-corrected chi connectivity index (χ2v) is 7.37. The molecule has 1 saturated heterocycles. The Morgan fingerprint density at radius 3 is 2.83 bits per heavy atom. The van der Waals surface area contributed by atoms with Crippen LogP contribution in [-0.2, 0) is 10.0 Å². The summed E-state index contributed by atoms with van der Waals surface area (Å²) in [5.74, 6) is 0.189. The monoisotopic (exact) mass is 332 g/mol. The highest BCUT2D eigenvalue weighted by molar-refractivity contribution is 9.10. The molecule has 1 aliphatic rings. The minimum Gasteiger partial charge on any atom is -0.312 e. The molecule has 0 spiro atoms. The Labute approximate surface area is 117 Å². The van der Waals surface area contributed by atoms with Crippen LogP contribution < -0.4 is 9.62 Å². The maximum absolute atomic E-state index is 12.3. The van der Waals surface area contributed by atoms with Gasteiger partial charge in [0.05, 0.1) is 11.4 Å². The summed E-state index contributed by atoms with van der Waals surface area (Å²) in [6.07, 6.45) is 0.646. The maximum Gasteiger partial charge on any atom is 0.235 e. The second-order valence-electron chi connectivity index (χ2n) is 4.51. The van der Waals surface area contributed by atoms with E-state index in [1.165, 1.54) is 4.31 Å². The highest BCUT2D eigenvalue weighted by atomic mass is 79.9. The number of para-hydroxylation sites is 1. The molecule has 0 saturated carbocycles. The molecule has 1 aromatic carbocycles. The Morgan fingerprint density at radius 1 is 1.39 bits per heavy atom. The number of benzene rings is 1. The van der Waals surface area contributed by atoms with Crippen molar-refractivity contribution in [2.24, 2.45) is 0 Å². The third-order valence-electron chi connectivity index (χ3n) is 2.97. The summed E-state index contributed by atoms with van der Waals surface area (Å²) in [5, 5.41) is 3.32. The van der Waals surface area contributed by atoms with E-state index in [0.717, 1.165) is 11.0 Å². The minimum atomic E-state index is -3.23. The molecule has 0 amide bonds. The van der Waals surface area contributed by atoms with Gasteiger partial charge in [0.1, 0.15) is 0 Å². The summed E-state index contributed by atoms with van der Waals surface area (Å²) in [4.78, 5) is 0. The molecule has 0 aliphatic carbocycles. The van der Waals surface area contributed by atoms with E-state index < -0.39 is 10.0 Å². The predicted octanol–water partition coefficient (Wildman–Crippen LogP) is 1.97. The normalized spacial score (nSPS) is 24.3. The van der Waals surface area contributed by atoms with E-state index in [2.05, 4.69) is 21.2 Å². The number of sulfonamides is 1. The van der Waals surface area contributed by atoms with Crippen molar-refractivity contribution in [2.75, 3.05) is 23.1 Å². The lowest BCUT2D eigenvalue weighted by Gasteiger charge is -2.30. The average molecular weight is 333 g/mol. The van der Waals surface area contributed by atoms with Crippen molar-refractivity contribution in [3.63, 3.8) is 0 Å². The second kappa shape index (κ2) is 5.59. The van der Waals surface area contributed by atoms with Crippen LogP contribution in [-0.4, -0.2) is 33.3 Å². The number of hydrogen-bond donors (Lipinski definition) is 1. The zero-order chi connectivity index (χ0) is 13.2. The maximum atomic E-state index is 12.3. The first-order valence-corrected chi connectivity index (χ1v) is 8.39. The summed E-state index contributed by atoms with van der Waals surface area (Å²) in [6.45, 7) is 3.22. The number of halogens is 1. The lowest BCUT2D eigenvalue weighted by molar-refractivity contribution is 0.523. The first kappa shape index (κ1) is 13.8. The van der Waals surface area contributed by atoms with E-state index in [1.54, 1.807) is 0 Å². The molecule has 0 aromatic heterocycles. The first-order chi connectivity index (χ1) is 8.50. The van der Waals surface area contributed by atoms with Crippen molar-refractivity contribution in [1.29, 1.82) is 0 Å². The van der Waals surface area contributed by atoms with E-state index in [1.807, 2.05) is 31.2 Å². The van der Waals surface area contributed by atoms with Gasteiger partial charge >= 0.3 is 0 Å². The van der Waals surface area contributed by atoms with Gasteiger partial charge in [-0.2, -0.15) is 0 Å². The molecule has 4 nitrogen and oxygen atoms in total. The van der Waals surface area contributed by atoms with Crippen LogP contribution in [0, 0.1) is 0 Å². The van der Waals surface area contributed by atoms with Crippen molar-refractivity contribution < 1.29 is 8.42 Å². The van der Waals surface area contributed by atoms with Crippen molar-refractivity contribution in [1.82, 2.24) is 5.32 Å². The lowest BCUT2D eigenvalue weighted by atomic mass is 10.2. The number of rotatable bonds is 1. The Kier molecular flexibility index (Phi) is 4.29. The molecule has 0 radical (unpaired) electrons. The summed E-state index contributed by atoms with van der Waals surface area (Å²) < 4.78 is 27.0. The van der Waals surface area contributed by atoms with E-state index in [-0.39, 0.29) is 11.8 Å². The van der Waals surface area contributed by atoms with Gasteiger partial charge < -0.3 is 5.32 Å². The summed E-state index contributed by atoms with van der Waals surface area (Å²) in [7, 11) is -3.23. The molecule has 6 heteroatoms. The molecular formula is C12H17BrN2O2S. The molecule has 1 atom stereocenters. The molecule has 1 aliphatic heterocycles. The van der Waals surface area contributed by atoms with E-state index in [4.69, 9.17) is 0 Å². The van der Waals surface area contributed by atoms with Crippen LogP contribution >= 0.6 is 15.9 Å². The Bertz CT molecular complexity index is 519. The Hall–Kier alpha value is -0.590. The van der Waals surface area contributed by atoms with Gasteiger partial charge in [-0.3, -0.25) is 4.31 Å². The van der Waals surface area contributed by atoms with E-state index in [9.17, 15) is 8.42 Å². The van der Waals surface area contributed by atoms with Crippen LogP contribution in [0.3, 0.4) is 0 Å². The highest BCUT2D eigenvalue weighted by Gasteiger charge is 2.27. The summed E-state index contributed by atoms with van der Waals surface area (Å²) in [6, 6.07) is 7.57. The summed E-state index contributed by atoms with van der Waals surface area (Å²) >= 11 is 3.42. The predicted molar refractivity (Wildman–Crippen MR) is 77.4 cm³/mol. The van der Waals surface area contributed by atoms with Gasteiger partial charge in [0, 0.05) is 17.1 Å². The zero-order valence-electron chi connectivity index (χ0n) is 10.3. The quantitative estimate of drug-likeness (QED) is 0.855. The van der Waals surface area contributed by atoms with Crippen LogP contribution in [0.15, 0.2) is 28.7 Å². The standard InChI is InChI=1S/C12H17BrN2O2S/c1-10-9-15(12-6-3-2-5-11(12)13)18(16,17)8-4-7-14-10/h2-3,5-6,10,14H,4,7-9H2,1H3. The highest BCUT2D eigenvalue weighted by Crippen LogP contribution is 2.28. The molecule has 100 valence electrons. The topological polar surface area (TPSA) is 49.4 Å². The Morgan fingerprint density at radius 2 is 2.11 bits per heavy atom. The Balaban J connectivity index is 2.40. The molecule has 2 rings (SSSR count). The molecule has 1 aromatic rings. The van der Waals surface area contributed by atoms with Gasteiger partial charge in [0.15, 0.2) is 0 Å². The zero-order valence-corrected chi connectivity index (χ0v) is 12.7. The smallest absolute Gasteiger partial charge is 0.235 e. The van der Waals surface area contributed by atoms with Crippen molar-refractivity contribution in [3.8, 4) is 0 Å². The number of anilines is 1. The SMILES string of the molecule is CC1CN(c2ccccc2Br)S(=O)(=O)CCCN1. The fourth-order valence-corrected chi connectivity index (χ4v) is 4.30. The van der Waals surface area contributed by atoms with Gasteiger partial charge in [0.25, 0.3) is 0 Å². The van der Waals surface area contributed by atoms with Gasteiger partial charge in [-0.05, 0) is 48.0 Å². The van der Waals surface area contributed by atoms with Crippen molar-refractivity contribution in [2.45, 2.75) is 19.4 Å². The molecule has 0 bridgehead atoms. The molecule has 1 N–H and O–H groups in total. The molecule has 1 unspecified atom stereocenters. The first-order valence-electron chi connectivity index (χ1n) is 5.99. The number of hydrogen-bond acceptors (Lipinski definition) is 3.